The molecule has 0 atom stereocenters. The van der Waals surface area contributed by atoms with Gasteiger partial charge < -0.3 is 10.1 Å². The number of benzene rings is 1. The zero-order chi connectivity index (χ0) is 10.8. The van der Waals surface area contributed by atoms with Crippen LogP contribution in [0.25, 0.3) is 10.9 Å². The van der Waals surface area contributed by atoms with Crippen molar-refractivity contribution in [2.45, 2.75) is 6.42 Å². The minimum Gasteiger partial charge on any atom is -0.477 e. The SMILES string of the molecule is N#CCc1c(C(=O)O)[nH]c2ccccc12. The van der Waals surface area contributed by atoms with Gasteiger partial charge in [0.25, 0.3) is 0 Å². The highest BCUT2D eigenvalue weighted by molar-refractivity contribution is 5.97. The number of carbonyl (C=O) groups is 1. The van der Waals surface area contributed by atoms with Gasteiger partial charge in [0.05, 0.1) is 12.5 Å². The maximum absolute atomic E-state index is 10.9. The molecule has 0 aliphatic heterocycles. The molecule has 0 saturated carbocycles. The minimum absolute atomic E-state index is 0.103. The van der Waals surface area contributed by atoms with E-state index in [1.54, 1.807) is 6.07 Å². The van der Waals surface area contributed by atoms with Crippen LogP contribution in [0.2, 0.25) is 0 Å². The second kappa shape index (κ2) is 3.46. The first-order valence-corrected chi connectivity index (χ1v) is 4.44. The highest BCUT2D eigenvalue weighted by Crippen LogP contribution is 2.22. The standard InChI is InChI=1S/C11H8N2O2/c12-6-5-8-7-3-1-2-4-9(7)13-10(8)11(14)15/h1-4,13H,5H2,(H,14,15). The molecule has 0 unspecified atom stereocenters. The predicted octanol–water partition coefficient (Wildman–Crippen LogP) is 1.93. The van der Waals surface area contributed by atoms with Crippen molar-refractivity contribution in [2.75, 3.05) is 0 Å². The third kappa shape index (κ3) is 1.44. The predicted molar refractivity (Wildman–Crippen MR) is 54.6 cm³/mol. The van der Waals surface area contributed by atoms with Crippen molar-refractivity contribution in [2.24, 2.45) is 0 Å². The van der Waals surface area contributed by atoms with Gasteiger partial charge in [0.1, 0.15) is 5.69 Å². The van der Waals surface area contributed by atoms with Crippen LogP contribution in [-0.2, 0) is 6.42 Å². The Kier molecular flexibility index (Phi) is 2.14. The van der Waals surface area contributed by atoms with Gasteiger partial charge in [-0.2, -0.15) is 5.26 Å². The molecule has 4 heteroatoms. The summed E-state index contributed by atoms with van der Waals surface area (Å²) in [5.41, 5.74) is 1.42. The lowest BCUT2D eigenvalue weighted by Crippen LogP contribution is -2.00. The molecule has 0 fully saturated rings. The molecule has 2 N–H and O–H groups in total. The number of aromatic nitrogens is 1. The van der Waals surface area contributed by atoms with Gasteiger partial charge >= 0.3 is 5.97 Å². The van der Waals surface area contributed by atoms with Crippen molar-refractivity contribution in [3.8, 4) is 6.07 Å². The summed E-state index contributed by atoms with van der Waals surface area (Å²) in [6, 6.07) is 9.22. The van der Waals surface area contributed by atoms with Crippen LogP contribution < -0.4 is 0 Å². The van der Waals surface area contributed by atoms with Crippen LogP contribution in [0, 0.1) is 11.3 Å². The van der Waals surface area contributed by atoms with E-state index >= 15 is 0 Å². The fourth-order valence-electron chi connectivity index (χ4n) is 1.65. The van der Waals surface area contributed by atoms with Crippen LogP contribution in [0.3, 0.4) is 0 Å². The smallest absolute Gasteiger partial charge is 0.352 e. The van der Waals surface area contributed by atoms with Crippen molar-refractivity contribution < 1.29 is 9.90 Å². The average Bonchev–Trinajstić information content (AvgIpc) is 2.58. The van der Waals surface area contributed by atoms with Crippen molar-refractivity contribution >= 4 is 16.9 Å². The number of nitrogens with zero attached hydrogens (tertiary/aromatic N) is 1. The number of carboxylic acid groups (broad SMARTS) is 1. The number of rotatable bonds is 2. The molecule has 2 rings (SSSR count). The topological polar surface area (TPSA) is 76.9 Å². The molecule has 1 aromatic carbocycles. The van der Waals surface area contributed by atoms with Crippen molar-refractivity contribution in [1.82, 2.24) is 4.98 Å². The summed E-state index contributed by atoms with van der Waals surface area (Å²) in [7, 11) is 0. The van der Waals surface area contributed by atoms with Crippen LogP contribution in [-0.4, -0.2) is 16.1 Å². The van der Waals surface area contributed by atoms with E-state index in [9.17, 15) is 4.79 Å². The molecule has 74 valence electrons. The first-order valence-electron chi connectivity index (χ1n) is 4.44. The lowest BCUT2D eigenvalue weighted by Gasteiger charge is -1.93. The molecule has 0 amide bonds. The fourth-order valence-corrected chi connectivity index (χ4v) is 1.65. The molecule has 0 aliphatic rings. The zero-order valence-corrected chi connectivity index (χ0v) is 7.82. The van der Waals surface area contributed by atoms with Crippen molar-refractivity contribution in [3.05, 3.63) is 35.5 Å². The number of fused-ring (bicyclic) bond motifs is 1. The number of H-pyrrole nitrogens is 1. The summed E-state index contributed by atoms with van der Waals surface area (Å²) in [5, 5.41) is 18.4. The summed E-state index contributed by atoms with van der Waals surface area (Å²) >= 11 is 0. The molecule has 2 aromatic rings. The summed E-state index contributed by atoms with van der Waals surface area (Å²) < 4.78 is 0. The van der Waals surface area contributed by atoms with E-state index in [1.807, 2.05) is 24.3 Å². The van der Waals surface area contributed by atoms with E-state index in [-0.39, 0.29) is 12.1 Å². The van der Waals surface area contributed by atoms with Crippen LogP contribution in [0.1, 0.15) is 16.1 Å². The quantitative estimate of drug-likeness (QED) is 0.777. The van der Waals surface area contributed by atoms with E-state index in [4.69, 9.17) is 10.4 Å². The van der Waals surface area contributed by atoms with Crippen LogP contribution in [0.15, 0.2) is 24.3 Å². The third-order valence-electron chi connectivity index (χ3n) is 2.28. The molecule has 0 spiro atoms. The first-order chi connectivity index (χ1) is 7.24. The average molecular weight is 200 g/mol. The van der Waals surface area contributed by atoms with Crippen LogP contribution >= 0.6 is 0 Å². The third-order valence-corrected chi connectivity index (χ3v) is 2.28. The molecule has 0 radical (unpaired) electrons. The van der Waals surface area contributed by atoms with Gasteiger partial charge in [0.15, 0.2) is 0 Å². The minimum atomic E-state index is -1.03. The van der Waals surface area contributed by atoms with Gasteiger partial charge in [0, 0.05) is 16.5 Å². The highest BCUT2D eigenvalue weighted by Gasteiger charge is 2.15. The van der Waals surface area contributed by atoms with Gasteiger partial charge in [-0.1, -0.05) is 18.2 Å². The number of carboxylic acids is 1. The molecular weight excluding hydrogens is 192 g/mol. The summed E-state index contributed by atoms with van der Waals surface area (Å²) in [6.45, 7) is 0. The normalized spacial score (nSPS) is 10.1. The number of hydrogen-bond donors (Lipinski definition) is 2. The summed E-state index contributed by atoms with van der Waals surface area (Å²) in [4.78, 5) is 13.7. The van der Waals surface area contributed by atoms with Crippen molar-refractivity contribution in [1.29, 1.82) is 5.26 Å². The van der Waals surface area contributed by atoms with Gasteiger partial charge in [-0.3, -0.25) is 0 Å². The largest absolute Gasteiger partial charge is 0.477 e. The number of nitriles is 1. The maximum Gasteiger partial charge on any atom is 0.352 e. The number of para-hydroxylation sites is 1. The Balaban J connectivity index is 2.75. The Labute approximate surface area is 85.8 Å². The van der Waals surface area contributed by atoms with Crippen LogP contribution in [0.4, 0.5) is 0 Å². The first kappa shape index (κ1) is 9.28. The van der Waals surface area contributed by atoms with E-state index < -0.39 is 5.97 Å². The second-order valence-corrected chi connectivity index (χ2v) is 3.16. The van der Waals surface area contributed by atoms with E-state index in [2.05, 4.69) is 4.98 Å². The molecule has 1 heterocycles. The summed E-state index contributed by atoms with van der Waals surface area (Å²) in [6.07, 6.45) is 0.103. The Morgan fingerprint density at radius 1 is 1.47 bits per heavy atom. The van der Waals surface area contributed by atoms with Gasteiger partial charge in [0.2, 0.25) is 0 Å². The molecule has 0 saturated heterocycles. The molecule has 4 nitrogen and oxygen atoms in total. The molecule has 1 aromatic heterocycles. The molecular formula is C11H8N2O2. The lowest BCUT2D eigenvalue weighted by atomic mass is 10.1. The molecule has 15 heavy (non-hydrogen) atoms. The Morgan fingerprint density at radius 2 is 2.20 bits per heavy atom. The number of hydrogen-bond acceptors (Lipinski definition) is 2. The van der Waals surface area contributed by atoms with Gasteiger partial charge in [-0.05, 0) is 6.07 Å². The van der Waals surface area contributed by atoms with Gasteiger partial charge in [-0.15, -0.1) is 0 Å². The Bertz CT molecular complexity index is 563. The van der Waals surface area contributed by atoms with Crippen LogP contribution in [0.5, 0.6) is 0 Å². The fraction of sp³-hybridized carbons (Fsp3) is 0.0909. The number of nitrogens with one attached hydrogen (secondary N) is 1. The van der Waals surface area contributed by atoms with E-state index in [1.165, 1.54) is 0 Å². The Morgan fingerprint density at radius 3 is 2.87 bits per heavy atom. The lowest BCUT2D eigenvalue weighted by molar-refractivity contribution is 0.0690. The number of aromatic amines is 1. The Hall–Kier alpha value is -2.28. The molecule has 0 aliphatic carbocycles. The molecule has 0 bridgehead atoms. The van der Waals surface area contributed by atoms with Crippen molar-refractivity contribution in [3.63, 3.8) is 0 Å². The number of aromatic carboxylic acids is 1. The van der Waals surface area contributed by atoms with Gasteiger partial charge in [-0.25, -0.2) is 4.79 Å². The van der Waals surface area contributed by atoms with E-state index in [0.29, 0.717) is 5.56 Å². The zero-order valence-electron chi connectivity index (χ0n) is 7.82. The highest BCUT2D eigenvalue weighted by atomic mass is 16.4. The second-order valence-electron chi connectivity index (χ2n) is 3.16. The monoisotopic (exact) mass is 200 g/mol. The maximum atomic E-state index is 10.9. The summed E-state index contributed by atoms with van der Waals surface area (Å²) in [5.74, 6) is -1.03. The van der Waals surface area contributed by atoms with E-state index in [0.717, 1.165) is 10.9 Å².